The van der Waals surface area contributed by atoms with Crippen LogP contribution in [0.15, 0.2) is 24.3 Å². The van der Waals surface area contributed by atoms with Crippen LogP contribution in [0.2, 0.25) is 0 Å². The number of aldehydes is 1. The van der Waals surface area contributed by atoms with Crippen molar-refractivity contribution >= 4 is 6.29 Å². The molecular formula is C12H16O3. The summed E-state index contributed by atoms with van der Waals surface area (Å²) in [4.78, 5) is 10.1. The SMILES string of the molecule is COc1ccccc1OCCCCC=O. The number of carbonyl (C=O) groups is 1. The van der Waals surface area contributed by atoms with Crippen LogP contribution >= 0.6 is 0 Å². The normalized spacial score (nSPS) is 9.67. The number of rotatable bonds is 7. The summed E-state index contributed by atoms with van der Waals surface area (Å²) in [5, 5.41) is 0. The molecule has 0 heterocycles. The van der Waals surface area contributed by atoms with Crippen molar-refractivity contribution in [3.05, 3.63) is 24.3 Å². The Morgan fingerprint density at radius 1 is 1.20 bits per heavy atom. The lowest BCUT2D eigenvalue weighted by Gasteiger charge is -2.09. The van der Waals surface area contributed by atoms with Crippen LogP contribution in [0, 0.1) is 0 Å². The molecule has 0 saturated carbocycles. The molecule has 0 spiro atoms. The van der Waals surface area contributed by atoms with Gasteiger partial charge in [-0.25, -0.2) is 0 Å². The van der Waals surface area contributed by atoms with E-state index in [2.05, 4.69) is 0 Å². The summed E-state index contributed by atoms with van der Waals surface area (Å²) in [6.45, 7) is 0.619. The zero-order valence-corrected chi connectivity index (χ0v) is 8.94. The van der Waals surface area contributed by atoms with E-state index in [0.29, 0.717) is 13.0 Å². The maximum absolute atomic E-state index is 10.1. The van der Waals surface area contributed by atoms with Gasteiger partial charge in [-0.1, -0.05) is 12.1 Å². The van der Waals surface area contributed by atoms with Gasteiger partial charge < -0.3 is 14.3 Å². The van der Waals surface area contributed by atoms with E-state index in [1.807, 2.05) is 24.3 Å². The molecule has 0 aromatic heterocycles. The number of ether oxygens (including phenoxy) is 2. The molecule has 0 aliphatic carbocycles. The van der Waals surface area contributed by atoms with Crippen LogP contribution < -0.4 is 9.47 Å². The molecule has 1 aromatic rings. The third-order valence-electron chi connectivity index (χ3n) is 2.04. The summed E-state index contributed by atoms with van der Waals surface area (Å²) >= 11 is 0. The van der Waals surface area contributed by atoms with Gasteiger partial charge in [0.2, 0.25) is 0 Å². The van der Waals surface area contributed by atoms with Crippen LogP contribution in [0.4, 0.5) is 0 Å². The average molecular weight is 208 g/mol. The highest BCUT2D eigenvalue weighted by Crippen LogP contribution is 2.25. The summed E-state index contributed by atoms with van der Waals surface area (Å²) in [6.07, 6.45) is 3.30. The van der Waals surface area contributed by atoms with Crippen LogP contribution in [0.25, 0.3) is 0 Å². The minimum atomic E-state index is 0.606. The Hall–Kier alpha value is -1.51. The Morgan fingerprint density at radius 3 is 2.60 bits per heavy atom. The minimum absolute atomic E-state index is 0.606. The fraction of sp³-hybridized carbons (Fsp3) is 0.417. The molecule has 1 aromatic carbocycles. The van der Waals surface area contributed by atoms with Gasteiger partial charge in [0.1, 0.15) is 6.29 Å². The van der Waals surface area contributed by atoms with Gasteiger partial charge in [0, 0.05) is 6.42 Å². The van der Waals surface area contributed by atoms with E-state index in [1.54, 1.807) is 7.11 Å². The molecule has 15 heavy (non-hydrogen) atoms. The number of carbonyl (C=O) groups excluding carboxylic acids is 1. The Kier molecular flexibility index (Phi) is 5.30. The monoisotopic (exact) mass is 208 g/mol. The molecule has 0 saturated heterocycles. The lowest BCUT2D eigenvalue weighted by molar-refractivity contribution is -0.107. The fourth-order valence-corrected chi connectivity index (χ4v) is 1.25. The predicted octanol–water partition coefficient (Wildman–Crippen LogP) is 2.44. The van der Waals surface area contributed by atoms with Gasteiger partial charge in [-0.15, -0.1) is 0 Å². The van der Waals surface area contributed by atoms with Crippen molar-refractivity contribution in [2.75, 3.05) is 13.7 Å². The highest BCUT2D eigenvalue weighted by atomic mass is 16.5. The highest BCUT2D eigenvalue weighted by molar-refractivity contribution is 5.48. The molecule has 3 heteroatoms. The zero-order valence-electron chi connectivity index (χ0n) is 8.94. The van der Waals surface area contributed by atoms with E-state index in [-0.39, 0.29) is 0 Å². The number of benzene rings is 1. The summed E-state index contributed by atoms with van der Waals surface area (Å²) in [5.74, 6) is 1.50. The highest BCUT2D eigenvalue weighted by Gasteiger charge is 2.01. The predicted molar refractivity (Wildman–Crippen MR) is 58.4 cm³/mol. The molecule has 0 aliphatic heterocycles. The topological polar surface area (TPSA) is 35.5 Å². The number of para-hydroxylation sites is 2. The Balaban J connectivity index is 2.33. The minimum Gasteiger partial charge on any atom is -0.493 e. The van der Waals surface area contributed by atoms with E-state index in [4.69, 9.17) is 9.47 Å². The maximum Gasteiger partial charge on any atom is 0.161 e. The van der Waals surface area contributed by atoms with Gasteiger partial charge in [0.15, 0.2) is 11.5 Å². The van der Waals surface area contributed by atoms with Crippen LogP contribution in [0.1, 0.15) is 19.3 Å². The maximum atomic E-state index is 10.1. The van der Waals surface area contributed by atoms with E-state index < -0.39 is 0 Å². The van der Waals surface area contributed by atoms with Crippen LogP contribution in [0.3, 0.4) is 0 Å². The molecule has 0 bridgehead atoms. The zero-order chi connectivity index (χ0) is 10.9. The lowest BCUT2D eigenvalue weighted by Crippen LogP contribution is -1.99. The Labute approximate surface area is 90.0 Å². The fourth-order valence-electron chi connectivity index (χ4n) is 1.25. The average Bonchev–Trinajstić information content (AvgIpc) is 2.29. The van der Waals surface area contributed by atoms with Crippen molar-refractivity contribution in [2.45, 2.75) is 19.3 Å². The number of hydrogen-bond acceptors (Lipinski definition) is 3. The van der Waals surface area contributed by atoms with Crippen LogP contribution in [-0.4, -0.2) is 20.0 Å². The van der Waals surface area contributed by atoms with Crippen molar-refractivity contribution in [3.8, 4) is 11.5 Å². The van der Waals surface area contributed by atoms with Crippen molar-refractivity contribution in [1.29, 1.82) is 0 Å². The van der Waals surface area contributed by atoms with E-state index in [9.17, 15) is 4.79 Å². The molecule has 0 aliphatic rings. The number of methoxy groups -OCH3 is 1. The van der Waals surface area contributed by atoms with Gasteiger partial charge in [-0.3, -0.25) is 0 Å². The van der Waals surface area contributed by atoms with Crippen molar-refractivity contribution in [2.24, 2.45) is 0 Å². The van der Waals surface area contributed by atoms with E-state index >= 15 is 0 Å². The van der Waals surface area contributed by atoms with E-state index in [1.165, 1.54) is 0 Å². The van der Waals surface area contributed by atoms with Gasteiger partial charge >= 0.3 is 0 Å². The number of hydrogen-bond donors (Lipinski definition) is 0. The summed E-state index contributed by atoms with van der Waals surface area (Å²) < 4.78 is 10.7. The first-order valence-corrected chi connectivity index (χ1v) is 5.08. The molecule has 0 atom stereocenters. The molecular weight excluding hydrogens is 192 g/mol. The number of unbranched alkanes of at least 4 members (excludes halogenated alkanes) is 2. The molecule has 0 N–H and O–H groups in total. The van der Waals surface area contributed by atoms with Crippen LogP contribution in [0.5, 0.6) is 11.5 Å². The Morgan fingerprint density at radius 2 is 1.93 bits per heavy atom. The largest absolute Gasteiger partial charge is 0.493 e. The van der Waals surface area contributed by atoms with Gasteiger partial charge in [-0.2, -0.15) is 0 Å². The second kappa shape index (κ2) is 6.87. The Bertz CT molecular complexity index is 297. The van der Waals surface area contributed by atoms with Gasteiger partial charge in [-0.05, 0) is 25.0 Å². The molecule has 1 rings (SSSR count). The van der Waals surface area contributed by atoms with Crippen molar-refractivity contribution < 1.29 is 14.3 Å². The molecule has 0 unspecified atom stereocenters. The quantitative estimate of drug-likeness (QED) is 0.510. The third kappa shape index (κ3) is 4.02. The lowest BCUT2D eigenvalue weighted by atomic mass is 10.2. The van der Waals surface area contributed by atoms with Gasteiger partial charge in [0.05, 0.1) is 13.7 Å². The first-order valence-electron chi connectivity index (χ1n) is 5.08. The summed E-state index contributed by atoms with van der Waals surface area (Å²) in [6, 6.07) is 7.54. The summed E-state index contributed by atoms with van der Waals surface area (Å²) in [7, 11) is 1.62. The smallest absolute Gasteiger partial charge is 0.161 e. The van der Waals surface area contributed by atoms with Gasteiger partial charge in [0.25, 0.3) is 0 Å². The second-order valence-electron chi connectivity index (χ2n) is 3.16. The third-order valence-corrected chi connectivity index (χ3v) is 2.04. The first kappa shape index (κ1) is 11.6. The first-order chi connectivity index (χ1) is 7.38. The second-order valence-corrected chi connectivity index (χ2v) is 3.16. The standard InChI is InChI=1S/C12H16O3/c1-14-11-7-3-4-8-12(11)15-10-6-2-5-9-13/h3-4,7-9H,2,5-6,10H2,1H3. The molecule has 0 radical (unpaired) electrons. The van der Waals surface area contributed by atoms with E-state index in [0.717, 1.165) is 30.6 Å². The van der Waals surface area contributed by atoms with Crippen molar-refractivity contribution in [3.63, 3.8) is 0 Å². The van der Waals surface area contributed by atoms with Crippen LogP contribution in [-0.2, 0) is 4.79 Å². The summed E-state index contributed by atoms with van der Waals surface area (Å²) in [5.41, 5.74) is 0. The molecule has 0 fully saturated rings. The molecule has 0 amide bonds. The van der Waals surface area contributed by atoms with Crippen molar-refractivity contribution in [1.82, 2.24) is 0 Å². The molecule has 3 nitrogen and oxygen atoms in total. The molecule has 82 valence electrons.